The van der Waals surface area contributed by atoms with E-state index < -0.39 is 0 Å². The molecule has 2 aromatic rings. The fraction of sp³-hybridized carbons (Fsp3) is 0.100. The smallest absolute Gasteiger partial charge is 0.180 e. The van der Waals surface area contributed by atoms with Gasteiger partial charge in [-0.2, -0.15) is 0 Å². The molecule has 0 aliphatic heterocycles. The van der Waals surface area contributed by atoms with Crippen molar-refractivity contribution in [2.75, 3.05) is 5.73 Å². The van der Waals surface area contributed by atoms with Crippen molar-refractivity contribution in [3.8, 4) is 0 Å². The number of hydrogen-bond donors (Lipinski definition) is 1. The van der Waals surface area contributed by atoms with E-state index in [-0.39, 0.29) is 5.82 Å². The maximum Gasteiger partial charge on any atom is 0.180 e. The largest absolute Gasteiger partial charge is 0.375 e. The first-order valence-electron chi connectivity index (χ1n) is 4.32. The van der Waals surface area contributed by atoms with E-state index in [2.05, 4.69) is 4.98 Å². The number of thioether (sulfide) groups is 1. The summed E-state index contributed by atoms with van der Waals surface area (Å²) in [6.45, 7) is 0. The van der Waals surface area contributed by atoms with Gasteiger partial charge in [0.15, 0.2) is 5.13 Å². The summed E-state index contributed by atoms with van der Waals surface area (Å²) in [6.07, 6.45) is 0. The number of benzene rings is 1. The van der Waals surface area contributed by atoms with Crippen molar-refractivity contribution in [1.29, 1.82) is 0 Å². The Morgan fingerprint density at radius 2 is 2.33 bits per heavy atom. The van der Waals surface area contributed by atoms with Gasteiger partial charge in [-0.05, 0) is 18.2 Å². The monoisotopic (exact) mass is 240 g/mol. The van der Waals surface area contributed by atoms with Crippen LogP contribution in [0, 0.1) is 5.82 Å². The van der Waals surface area contributed by atoms with Crippen LogP contribution in [-0.4, -0.2) is 4.98 Å². The molecule has 2 N–H and O–H groups in total. The Hall–Kier alpha value is -1.07. The molecule has 0 unspecified atom stereocenters. The van der Waals surface area contributed by atoms with Gasteiger partial charge in [0.2, 0.25) is 0 Å². The summed E-state index contributed by atoms with van der Waals surface area (Å²) >= 11 is 2.97. The zero-order valence-corrected chi connectivity index (χ0v) is 9.45. The van der Waals surface area contributed by atoms with Gasteiger partial charge in [-0.3, -0.25) is 0 Å². The molecule has 0 saturated heterocycles. The lowest BCUT2D eigenvalue weighted by Gasteiger charge is -1.98. The first-order valence-corrected chi connectivity index (χ1v) is 6.19. The van der Waals surface area contributed by atoms with E-state index in [1.54, 1.807) is 17.8 Å². The van der Waals surface area contributed by atoms with Crippen LogP contribution in [0.2, 0.25) is 0 Å². The summed E-state index contributed by atoms with van der Waals surface area (Å²) in [7, 11) is 0. The van der Waals surface area contributed by atoms with Crippen molar-refractivity contribution in [3.05, 3.63) is 41.2 Å². The third-order valence-electron chi connectivity index (χ3n) is 1.75. The second kappa shape index (κ2) is 4.63. The molecular weight excluding hydrogens is 231 g/mol. The van der Waals surface area contributed by atoms with Crippen LogP contribution < -0.4 is 5.73 Å². The van der Waals surface area contributed by atoms with Crippen molar-refractivity contribution < 1.29 is 4.39 Å². The molecule has 0 bridgehead atoms. The Bertz CT molecular complexity index is 456. The Labute approximate surface area is 95.3 Å². The molecule has 0 atom stereocenters. The van der Waals surface area contributed by atoms with E-state index in [1.165, 1.54) is 23.5 Å². The maximum absolute atomic E-state index is 12.9. The van der Waals surface area contributed by atoms with E-state index in [0.717, 1.165) is 16.3 Å². The van der Waals surface area contributed by atoms with Crippen molar-refractivity contribution in [2.45, 2.75) is 10.6 Å². The zero-order valence-electron chi connectivity index (χ0n) is 7.81. The maximum atomic E-state index is 12.9. The summed E-state index contributed by atoms with van der Waals surface area (Å²) in [4.78, 5) is 5.03. The Balaban J connectivity index is 1.99. The summed E-state index contributed by atoms with van der Waals surface area (Å²) in [5.41, 5.74) is 6.45. The van der Waals surface area contributed by atoms with Gasteiger partial charge < -0.3 is 5.73 Å². The molecule has 0 saturated carbocycles. The minimum atomic E-state index is -0.210. The number of nitrogen functional groups attached to an aromatic ring is 1. The van der Waals surface area contributed by atoms with Gasteiger partial charge in [-0.25, -0.2) is 9.37 Å². The predicted molar refractivity (Wildman–Crippen MR) is 62.5 cm³/mol. The van der Waals surface area contributed by atoms with E-state index in [0.29, 0.717) is 5.13 Å². The zero-order chi connectivity index (χ0) is 10.7. The lowest BCUT2D eigenvalue weighted by atomic mass is 10.4. The normalized spacial score (nSPS) is 10.5. The van der Waals surface area contributed by atoms with Crippen molar-refractivity contribution in [2.24, 2.45) is 0 Å². The Morgan fingerprint density at radius 3 is 3.00 bits per heavy atom. The van der Waals surface area contributed by atoms with Crippen LogP contribution in [0.1, 0.15) is 5.69 Å². The number of hydrogen-bond acceptors (Lipinski definition) is 4. The molecule has 2 rings (SSSR count). The molecule has 15 heavy (non-hydrogen) atoms. The molecule has 0 radical (unpaired) electrons. The number of nitrogens with zero attached hydrogens (tertiary/aromatic N) is 1. The fourth-order valence-corrected chi connectivity index (χ4v) is 2.60. The van der Waals surface area contributed by atoms with Crippen LogP contribution >= 0.6 is 23.1 Å². The highest BCUT2D eigenvalue weighted by Crippen LogP contribution is 2.24. The first-order chi connectivity index (χ1) is 7.24. The predicted octanol–water partition coefficient (Wildman–Crippen LogP) is 3.16. The minimum absolute atomic E-state index is 0.210. The number of anilines is 1. The molecule has 2 nitrogen and oxygen atoms in total. The quantitative estimate of drug-likeness (QED) is 0.838. The third kappa shape index (κ3) is 2.94. The summed E-state index contributed by atoms with van der Waals surface area (Å²) in [5.74, 6) is 0.509. The summed E-state index contributed by atoms with van der Waals surface area (Å²) in [6, 6.07) is 6.53. The number of aromatic nitrogens is 1. The molecule has 1 aromatic carbocycles. The second-order valence-electron chi connectivity index (χ2n) is 2.92. The van der Waals surface area contributed by atoms with Gasteiger partial charge in [-0.1, -0.05) is 6.07 Å². The van der Waals surface area contributed by atoms with Gasteiger partial charge in [0, 0.05) is 16.0 Å². The lowest BCUT2D eigenvalue weighted by molar-refractivity contribution is 0.624. The third-order valence-corrected chi connectivity index (χ3v) is 3.50. The molecule has 0 aliphatic carbocycles. The number of thiazole rings is 1. The van der Waals surface area contributed by atoms with Crippen molar-refractivity contribution >= 4 is 28.2 Å². The van der Waals surface area contributed by atoms with Crippen LogP contribution in [0.25, 0.3) is 0 Å². The number of halogens is 1. The molecule has 5 heteroatoms. The van der Waals surface area contributed by atoms with Gasteiger partial charge in [0.05, 0.1) is 5.69 Å². The molecule has 0 fully saturated rings. The average Bonchev–Trinajstić information content (AvgIpc) is 2.62. The number of nitrogens with two attached hydrogens (primary N) is 1. The van der Waals surface area contributed by atoms with Gasteiger partial charge in [0.1, 0.15) is 5.82 Å². The van der Waals surface area contributed by atoms with E-state index in [4.69, 9.17) is 5.73 Å². The lowest BCUT2D eigenvalue weighted by Crippen LogP contribution is -1.85. The summed E-state index contributed by atoms with van der Waals surface area (Å²) in [5, 5.41) is 2.49. The molecule has 1 aromatic heterocycles. The van der Waals surface area contributed by atoms with E-state index in [1.807, 2.05) is 11.4 Å². The highest BCUT2D eigenvalue weighted by molar-refractivity contribution is 7.98. The van der Waals surface area contributed by atoms with Gasteiger partial charge in [0.25, 0.3) is 0 Å². The van der Waals surface area contributed by atoms with Crippen LogP contribution in [0.3, 0.4) is 0 Å². The van der Waals surface area contributed by atoms with Crippen molar-refractivity contribution in [1.82, 2.24) is 4.98 Å². The standard InChI is InChI=1S/C10H9FN2S2/c11-7-2-1-3-9(4-7)14-5-8-6-15-10(12)13-8/h1-4,6H,5H2,(H2,12,13). The highest BCUT2D eigenvalue weighted by Gasteiger charge is 2.01. The van der Waals surface area contributed by atoms with E-state index in [9.17, 15) is 4.39 Å². The number of rotatable bonds is 3. The SMILES string of the molecule is Nc1nc(CSc2cccc(F)c2)cs1. The average molecular weight is 240 g/mol. The van der Waals surface area contributed by atoms with Crippen molar-refractivity contribution in [3.63, 3.8) is 0 Å². The summed E-state index contributed by atoms with van der Waals surface area (Å²) < 4.78 is 12.9. The van der Waals surface area contributed by atoms with Gasteiger partial charge >= 0.3 is 0 Å². The second-order valence-corrected chi connectivity index (χ2v) is 4.86. The van der Waals surface area contributed by atoms with Crippen LogP contribution in [-0.2, 0) is 5.75 Å². The molecule has 78 valence electrons. The Kier molecular flexibility index (Phi) is 3.23. The van der Waals surface area contributed by atoms with Crippen LogP contribution in [0.5, 0.6) is 0 Å². The molecule has 0 spiro atoms. The first kappa shape index (κ1) is 10.4. The molecule has 0 amide bonds. The fourth-order valence-electron chi connectivity index (χ4n) is 1.10. The van der Waals surface area contributed by atoms with Crippen LogP contribution in [0.4, 0.5) is 9.52 Å². The highest BCUT2D eigenvalue weighted by atomic mass is 32.2. The van der Waals surface area contributed by atoms with E-state index >= 15 is 0 Å². The van der Waals surface area contributed by atoms with Crippen LogP contribution in [0.15, 0.2) is 34.5 Å². The Morgan fingerprint density at radius 1 is 1.47 bits per heavy atom. The molecule has 1 heterocycles. The molecular formula is C10H9FN2S2. The van der Waals surface area contributed by atoms with Gasteiger partial charge in [-0.15, -0.1) is 23.1 Å². The minimum Gasteiger partial charge on any atom is -0.375 e. The molecule has 0 aliphatic rings. The topological polar surface area (TPSA) is 38.9 Å².